The molecule has 0 saturated carbocycles. The van der Waals surface area contributed by atoms with E-state index in [9.17, 15) is 9.59 Å². The van der Waals surface area contributed by atoms with E-state index in [2.05, 4.69) is 21.2 Å². The van der Waals surface area contributed by atoms with E-state index in [0.717, 1.165) is 15.6 Å². The van der Waals surface area contributed by atoms with Gasteiger partial charge in [0.25, 0.3) is 5.91 Å². The van der Waals surface area contributed by atoms with Crippen molar-refractivity contribution in [3.63, 3.8) is 0 Å². The molecular weight excluding hydrogens is 394 g/mol. The van der Waals surface area contributed by atoms with Gasteiger partial charge in [0, 0.05) is 15.7 Å². The maximum absolute atomic E-state index is 12.2. The highest BCUT2D eigenvalue weighted by molar-refractivity contribution is 9.10. The van der Waals surface area contributed by atoms with E-state index in [4.69, 9.17) is 4.74 Å². The molecule has 3 aromatic rings. The van der Waals surface area contributed by atoms with Crippen molar-refractivity contribution in [1.29, 1.82) is 0 Å². The largest absolute Gasteiger partial charge is 0.452 e. The number of hydrogen-bond acceptors (Lipinski definition) is 3. The molecule has 0 heterocycles. The third-order valence-electron chi connectivity index (χ3n) is 3.70. The van der Waals surface area contributed by atoms with E-state index in [1.165, 1.54) is 0 Å². The Bertz CT molecular complexity index is 908. The topological polar surface area (TPSA) is 55.4 Å². The lowest BCUT2D eigenvalue weighted by atomic mass is 10.0. The molecule has 130 valence electrons. The molecule has 4 nitrogen and oxygen atoms in total. The Hall–Kier alpha value is -2.92. The predicted octanol–water partition coefficient (Wildman–Crippen LogP) is 4.91. The summed E-state index contributed by atoms with van der Waals surface area (Å²) in [4.78, 5) is 24.2. The summed E-state index contributed by atoms with van der Waals surface area (Å²) >= 11 is 3.30. The summed E-state index contributed by atoms with van der Waals surface area (Å²) in [7, 11) is 0. The Labute approximate surface area is 159 Å². The van der Waals surface area contributed by atoms with Crippen LogP contribution >= 0.6 is 15.9 Å². The van der Waals surface area contributed by atoms with Gasteiger partial charge in [-0.15, -0.1) is 0 Å². The van der Waals surface area contributed by atoms with Crippen LogP contribution in [0.1, 0.15) is 10.4 Å². The molecule has 0 radical (unpaired) electrons. The second-order valence-electron chi connectivity index (χ2n) is 5.54. The summed E-state index contributed by atoms with van der Waals surface area (Å²) in [6.07, 6.45) is 0. The molecule has 0 aliphatic carbocycles. The second kappa shape index (κ2) is 8.45. The maximum Gasteiger partial charge on any atom is 0.338 e. The minimum absolute atomic E-state index is 0.349. The van der Waals surface area contributed by atoms with E-state index < -0.39 is 5.97 Å². The first-order valence-electron chi connectivity index (χ1n) is 8.00. The lowest BCUT2D eigenvalue weighted by Gasteiger charge is -2.11. The van der Waals surface area contributed by atoms with Crippen LogP contribution in [0.4, 0.5) is 5.69 Å². The standard InChI is InChI=1S/C21H16BrNO3/c22-17-12-10-16(11-13-17)21(25)26-14-20(24)23-19-9-5-4-8-18(19)15-6-2-1-3-7-15/h1-13H,14H2,(H,23,24). The van der Waals surface area contributed by atoms with Crippen molar-refractivity contribution in [2.75, 3.05) is 11.9 Å². The quantitative estimate of drug-likeness (QED) is 0.608. The Kier molecular flexibility index (Phi) is 5.81. The monoisotopic (exact) mass is 409 g/mol. The average Bonchev–Trinajstić information content (AvgIpc) is 2.68. The number of carbonyl (C=O) groups is 2. The van der Waals surface area contributed by atoms with Crippen LogP contribution in [-0.2, 0) is 9.53 Å². The Balaban J connectivity index is 1.64. The van der Waals surface area contributed by atoms with Crippen LogP contribution in [0.3, 0.4) is 0 Å². The van der Waals surface area contributed by atoms with Crippen LogP contribution < -0.4 is 5.32 Å². The normalized spacial score (nSPS) is 10.2. The fraction of sp³-hybridized carbons (Fsp3) is 0.0476. The number of amides is 1. The number of esters is 1. The van der Waals surface area contributed by atoms with E-state index in [1.807, 2.05) is 54.6 Å². The molecule has 0 unspecified atom stereocenters. The Morgan fingerprint density at radius 1 is 0.846 bits per heavy atom. The van der Waals surface area contributed by atoms with E-state index in [-0.39, 0.29) is 12.5 Å². The fourth-order valence-electron chi connectivity index (χ4n) is 2.45. The van der Waals surface area contributed by atoms with E-state index in [1.54, 1.807) is 24.3 Å². The third kappa shape index (κ3) is 4.58. The number of rotatable bonds is 5. The molecule has 0 atom stereocenters. The molecular formula is C21H16BrNO3. The molecule has 0 aliphatic heterocycles. The van der Waals surface area contributed by atoms with Crippen LogP contribution in [-0.4, -0.2) is 18.5 Å². The van der Waals surface area contributed by atoms with Gasteiger partial charge in [0.15, 0.2) is 6.61 Å². The molecule has 1 amide bonds. The van der Waals surface area contributed by atoms with Crippen LogP contribution in [0.2, 0.25) is 0 Å². The zero-order valence-electron chi connectivity index (χ0n) is 13.8. The summed E-state index contributed by atoms with van der Waals surface area (Å²) in [6.45, 7) is -0.349. The molecule has 0 fully saturated rings. The number of anilines is 1. The SMILES string of the molecule is O=C(COC(=O)c1ccc(Br)cc1)Nc1ccccc1-c1ccccc1. The highest BCUT2D eigenvalue weighted by Gasteiger charge is 2.12. The summed E-state index contributed by atoms with van der Waals surface area (Å²) in [5.41, 5.74) is 2.96. The van der Waals surface area contributed by atoms with E-state index >= 15 is 0 Å². The zero-order valence-corrected chi connectivity index (χ0v) is 15.4. The van der Waals surface area contributed by atoms with Gasteiger partial charge < -0.3 is 10.1 Å². The number of ether oxygens (including phenoxy) is 1. The van der Waals surface area contributed by atoms with E-state index in [0.29, 0.717) is 11.3 Å². The minimum atomic E-state index is -0.538. The smallest absolute Gasteiger partial charge is 0.338 e. The Morgan fingerprint density at radius 2 is 1.50 bits per heavy atom. The molecule has 3 rings (SSSR count). The number of para-hydroxylation sites is 1. The molecule has 3 aromatic carbocycles. The highest BCUT2D eigenvalue weighted by Crippen LogP contribution is 2.27. The van der Waals surface area contributed by atoms with Gasteiger partial charge in [0.05, 0.1) is 5.56 Å². The molecule has 0 bridgehead atoms. The summed E-state index contributed by atoms with van der Waals surface area (Å²) in [6, 6.07) is 24.0. The van der Waals surface area contributed by atoms with Crippen molar-refractivity contribution in [2.45, 2.75) is 0 Å². The first-order valence-corrected chi connectivity index (χ1v) is 8.80. The lowest BCUT2D eigenvalue weighted by Crippen LogP contribution is -2.21. The highest BCUT2D eigenvalue weighted by atomic mass is 79.9. The van der Waals surface area contributed by atoms with Gasteiger partial charge in [0.2, 0.25) is 0 Å². The Morgan fingerprint density at radius 3 is 2.23 bits per heavy atom. The lowest BCUT2D eigenvalue weighted by molar-refractivity contribution is -0.119. The second-order valence-corrected chi connectivity index (χ2v) is 6.46. The number of nitrogens with one attached hydrogen (secondary N) is 1. The van der Waals surface area contributed by atoms with Crippen molar-refractivity contribution in [3.8, 4) is 11.1 Å². The zero-order chi connectivity index (χ0) is 18.4. The molecule has 0 aromatic heterocycles. The summed E-state index contributed by atoms with van der Waals surface area (Å²) in [5.74, 6) is -0.928. The van der Waals surface area contributed by atoms with Gasteiger partial charge in [-0.05, 0) is 35.9 Å². The van der Waals surface area contributed by atoms with Crippen molar-refractivity contribution in [3.05, 3.63) is 88.9 Å². The maximum atomic E-state index is 12.2. The molecule has 0 saturated heterocycles. The predicted molar refractivity (Wildman–Crippen MR) is 105 cm³/mol. The first kappa shape index (κ1) is 17.9. The van der Waals surface area contributed by atoms with Crippen LogP contribution in [0.25, 0.3) is 11.1 Å². The van der Waals surface area contributed by atoms with Crippen LogP contribution in [0.5, 0.6) is 0 Å². The average molecular weight is 410 g/mol. The van der Waals surface area contributed by atoms with Gasteiger partial charge >= 0.3 is 5.97 Å². The molecule has 26 heavy (non-hydrogen) atoms. The van der Waals surface area contributed by atoms with Gasteiger partial charge in [-0.3, -0.25) is 4.79 Å². The molecule has 1 N–H and O–H groups in total. The van der Waals surface area contributed by atoms with Gasteiger partial charge in [-0.2, -0.15) is 0 Å². The first-order chi connectivity index (χ1) is 12.6. The van der Waals surface area contributed by atoms with Crippen molar-refractivity contribution in [1.82, 2.24) is 0 Å². The molecule has 0 aliphatic rings. The van der Waals surface area contributed by atoms with Gasteiger partial charge in [-0.1, -0.05) is 64.5 Å². The van der Waals surface area contributed by atoms with Crippen LogP contribution in [0.15, 0.2) is 83.3 Å². The van der Waals surface area contributed by atoms with Crippen molar-refractivity contribution in [2.24, 2.45) is 0 Å². The van der Waals surface area contributed by atoms with Gasteiger partial charge in [-0.25, -0.2) is 4.79 Å². The molecule has 0 spiro atoms. The van der Waals surface area contributed by atoms with Crippen LogP contribution in [0, 0.1) is 0 Å². The third-order valence-corrected chi connectivity index (χ3v) is 4.23. The summed E-state index contributed by atoms with van der Waals surface area (Å²) < 4.78 is 5.95. The minimum Gasteiger partial charge on any atom is -0.452 e. The number of benzene rings is 3. The summed E-state index contributed by atoms with van der Waals surface area (Å²) in [5, 5.41) is 2.80. The fourth-order valence-corrected chi connectivity index (χ4v) is 2.71. The number of halogens is 1. The molecule has 5 heteroatoms. The van der Waals surface area contributed by atoms with Gasteiger partial charge in [0.1, 0.15) is 0 Å². The van der Waals surface area contributed by atoms with Crippen molar-refractivity contribution >= 4 is 33.5 Å². The number of carbonyl (C=O) groups excluding carboxylic acids is 2. The number of hydrogen-bond donors (Lipinski definition) is 1. The van der Waals surface area contributed by atoms with Crippen molar-refractivity contribution < 1.29 is 14.3 Å².